The van der Waals surface area contributed by atoms with Gasteiger partial charge >= 0.3 is 6.03 Å². The number of nitrogens with one attached hydrogen (secondary N) is 2. The maximum atomic E-state index is 13.5. The lowest BCUT2D eigenvalue weighted by molar-refractivity contribution is -0.142. The molecule has 1 aliphatic carbocycles. The molecule has 1 saturated carbocycles. The summed E-state index contributed by atoms with van der Waals surface area (Å²) in [5, 5.41) is 5.93. The molecule has 0 aromatic heterocycles. The number of carbonyl (C=O) groups is 4. The normalized spacial score (nSPS) is 18.8. The number of amides is 5. The van der Waals surface area contributed by atoms with Crippen molar-refractivity contribution in [3.63, 3.8) is 0 Å². The number of halogens is 1. The van der Waals surface area contributed by atoms with Crippen LogP contribution in [0.25, 0.3) is 0 Å². The number of benzene rings is 2. The molecule has 4 rings (SSSR count). The zero-order valence-electron chi connectivity index (χ0n) is 22.1. The summed E-state index contributed by atoms with van der Waals surface area (Å²) in [4.78, 5) is 54.8. The Labute approximate surface area is 232 Å². The molecule has 2 fully saturated rings. The first-order valence-electron chi connectivity index (χ1n) is 13.0. The van der Waals surface area contributed by atoms with E-state index in [0.29, 0.717) is 35.1 Å². The molecule has 2 N–H and O–H groups in total. The van der Waals surface area contributed by atoms with Crippen molar-refractivity contribution >= 4 is 41.0 Å². The van der Waals surface area contributed by atoms with Crippen molar-refractivity contribution in [1.82, 2.24) is 15.1 Å². The van der Waals surface area contributed by atoms with E-state index in [1.165, 1.54) is 12.0 Å². The van der Waals surface area contributed by atoms with E-state index in [0.717, 1.165) is 23.3 Å². The minimum absolute atomic E-state index is 0.0472. The summed E-state index contributed by atoms with van der Waals surface area (Å²) >= 11 is 6.16. The van der Waals surface area contributed by atoms with Gasteiger partial charge in [0.1, 0.15) is 18.0 Å². The van der Waals surface area contributed by atoms with Gasteiger partial charge in [0.15, 0.2) is 0 Å². The van der Waals surface area contributed by atoms with Crippen molar-refractivity contribution in [2.45, 2.75) is 44.7 Å². The van der Waals surface area contributed by atoms with Crippen LogP contribution in [-0.4, -0.2) is 66.9 Å². The average Bonchev–Trinajstić information content (AvgIpc) is 2.94. The van der Waals surface area contributed by atoms with Crippen LogP contribution in [0.3, 0.4) is 0 Å². The van der Waals surface area contributed by atoms with Crippen molar-refractivity contribution in [2.24, 2.45) is 5.92 Å². The predicted octanol–water partition coefficient (Wildman–Crippen LogP) is 3.83. The molecule has 1 heterocycles. The Morgan fingerprint density at radius 3 is 2.49 bits per heavy atom. The lowest BCUT2D eigenvalue weighted by Crippen LogP contribution is -2.63. The Kier molecular flexibility index (Phi) is 9.29. The first-order chi connectivity index (χ1) is 18.8. The molecule has 2 unspecified atom stereocenters. The van der Waals surface area contributed by atoms with Gasteiger partial charge in [-0.1, -0.05) is 42.6 Å². The Hall–Kier alpha value is -3.79. The van der Waals surface area contributed by atoms with Crippen LogP contribution in [0.5, 0.6) is 11.5 Å². The average molecular weight is 557 g/mol. The number of hydrogen-bond acceptors (Lipinski definition) is 6. The fraction of sp³-hybridized carbons (Fsp3) is 0.429. The minimum Gasteiger partial charge on any atom is -0.496 e. The van der Waals surface area contributed by atoms with E-state index < -0.39 is 17.9 Å². The number of methoxy groups -OCH3 is 2. The second-order valence-electron chi connectivity index (χ2n) is 9.59. The Morgan fingerprint density at radius 2 is 1.74 bits per heavy atom. The van der Waals surface area contributed by atoms with E-state index in [2.05, 4.69) is 10.6 Å². The summed E-state index contributed by atoms with van der Waals surface area (Å²) < 4.78 is 10.4. The lowest BCUT2D eigenvalue weighted by atomic mass is 9.81. The first kappa shape index (κ1) is 28.2. The molecule has 1 saturated heterocycles. The Balaban J connectivity index is 1.40. The zero-order chi connectivity index (χ0) is 27.9. The molecular weight excluding hydrogens is 524 g/mol. The largest absolute Gasteiger partial charge is 0.496 e. The van der Waals surface area contributed by atoms with E-state index in [4.69, 9.17) is 21.1 Å². The van der Waals surface area contributed by atoms with Crippen molar-refractivity contribution in [3.8, 4) is 11.5 Å². The van der Waals surface area contributed by atoms with Crippen molar-refractivity contribution in [2.75, 3.05) is 32.6 Å². The molecule has 2 atom stereocenters. The van der Waals surface area contributed by atoms with E-state index in [1.807, 2.05) is 18.2 Å². The highest BCUT2D eigenvalue weighted by atomic mass is 35.5. The number of anilines is 1. The quantitative estimate of drug-likeness (QED) is 0.459. The second kappa shape index (κ2) is 12.8. The number of para-hydroxylation sites is 1. The van der Waals surface area contributed by atoms with Gasteiger partial charge in [0.25, 0.3) is 0 Å². The number of nitrogens with zero attached hydrogens (tertiary/aromatic N) is 2. The van der Waals surface area contributed by atoms with Gasteiger partial charge in [0, 0.05) is 36.8 Å². The van der Waals surface area contributed by atoms with Crippen LogP contribution in [-0.2, 0) is 20.9 Å². The summed E-state index contributed by atoms with van der Waals surface area (Å²) in [6.45, 7) is -0.0185. The van der Waals surface area contributed by atoms with Gasteiger partial charge in [-0.2, -0.15) is 0 Å². The molecule has 11 heteroatoms. The number of hydrogen-bond donors (Lipinski definition) is 2. The lowest BCUT2D eigenvalue weighted by Gasteiger charge is -2.46. The number of urea groups is 1. The van der Waals surface area contributed by atoms with Gasteiger partial charge < -0.3 is 25.0 Å². The van der Waals surface area contributed by atoms with Crippen molar-refractivity contribution in [3.05, 3.63) is 53.1 Å². The van der Waals surface area contributed by atoms with Crippen LogP contribution in [0.1, 0.15) is 37.7 Å². The molecule has 0 bridgehead atoms. The molecule has 2 aromatic rings. The molecule has 208 valence electrons. The zero-order valence-corrected chi connectivity index (χ0v) is 22.8. The van der Waals surface area contributed by atoms with Crippen LogP contribution >= 0.6 is 11.6 Å². The van der Waals surface area contributed by atoms with E-state index in [9.17, 15) is 19.2 Å². The topological polar surface area (TPSA) is 117 Å². The van der Waals surface area contributed by atoms with Crippen LogP contribution in [0.4, 0.5) is 10.5 Å². The summed E-state index contributed by atoms with van der Waals surface area (Å²) in [5.74, 6) is -0.233. The number of fused-ring (bicyclic) bond motifs is 1. The summed E-state index contributed by atoms with van der Waals surface area (Å²) in [5.41, 5.74) is 1.29. The highest BCUT2D eigenvalue weighted by Crippen LogP contribution is 2.35. The van der Waals surface area contributed by atoms with Gasteiger partial charge in [0.05, 0.1) is 25.2 Å². The molecule has 39 heavy (non-hydrogen) atoms. The highest BCUT2D eigenvalue weighted by molar-refractivity contribution is 6.32. The maximum Gasteiger partial charge on any atom is 0.327 e. The van der Waals surface area contributed by atoms with E-state index in [-0.39, 0.29) is 43.9 Å². The van der Waals surface area contributed by atoms with Crippen LogP contribution in [0.2, 0.25) is 5.02 Å². The third kappa shape index (κ3) is 6.62. The minimum atomic E-state index is -0.552. The predicted molar refractivity (Wildman–Crippen MR) is 146 cm³/mol. The molecule has 10 nitrogen and oxygen atoms in total. The van der Waals surface area contributed by atoms with Crippen LogP contribution in [0, 0.1) is 5.92 Å². The number of ether oxygens (including phenoxy) is 2. The molecule has 5 amide bonds. The van der Waals surface area contributed by atoms with Crippen molar-refractivity contribution in [1.29, 1.82) is 0 Å². The molecule has 2 aliphatic rings. The monoisotopic (exact) mass is 556 g/mol. The first-order valence-corrected chi connectivity index (χ1v) is 13.3. The smallest absolute Gasteiger partial charge is 0.327 e. The highest BCUT2D eigenvalue weighted by Gasteiger charge is 2.47. The third-order valence-electron chi connectivity index (χ3n) is 7.17. The summed E-state index contributed by atoms with van der Waals surface area (Å²) in [6.07, 6.45) is 2.99. The molecule has 1 aliphatic heterocycles. The number of imide groups is 1. The van der Waals surface area contributed by atoms with Gasteiger partial charge in [-0.3, -0.25) is 19.3 Å². The second-order valence-corrected chi connectivity index (χ2v) is 10.0. The summed E-state index contributed by atoms with van der Waals surface area (Å²) in [7, 11) is 3.06. The third-order valence-corrected chi connectivity index (χ3v) is 7.47. The van der Waals surface area contributed by atoms with Gasteiger partial charge in [-0.25, -0.2) is 4.79 Å². The van der Waals surface area contributed by atoms with Crippen molar-refractivity contribution < 1.29 is 28.7 Å². The molecular formula is C28H33ClN4O6. The van der Waals surface area contributed by atoms with E-state index >= 15 is 0 Å². The standard InChI is InChI=1S/C28H33ClN4O6/c1-38-23-10-6-3-7-18(23)16-30-25(34)13-14-32-27(36)20-8-4-5-9-22(20)33(28(32)37)17-26(35)31-19-11-12-24(39-2)21(29)15-19/h3,6-7,10-12,15,20,22H,4-5,8-9,13-14,16-17H2,1-2H3,(H,30,34)(H,31,35). The molecule has 0 radical (unpaired) electrons. The van der Waals surface area contributed by atoms with Crippen LogP contribution < -0.4 is 20.1 Å². The van der Waals surface area contributed by atoms with Gasteiger partial charge in [-0.15, -0.1) is 0 Å². The number of carbonyl (C=O) groups excluding carboxylic acids is 4. The fourth-order valence-electron chi connectivity index (χ4n) is 5.20. The van der Waals surface area contributed by atoms with E-state index in [1.54, 1.807) is 31.4 Å². The molecule has 2 aromatic carbocycles. The van der Waals surface area contributed by atoms with Crippen LogP contribution in [0.15, 0.2) is 42.5 Å². The Morgan fingerprint density at radius 1 is 1.00 bits per heavy atom. The van der Waals surface area contributed by atoms with Gasteiger partial charge in [0.2, 0.25) is 17.7 Å². The molecule has 0 spiro atoms. The maximum absolute atomic E-state index is 13.5. The number of rotatable bonds is 10. The fourth-order valence-corrected chi connectivity index (χ4v) is 5.46. The summed E-state index contributed by atoms with van der Waals surface area (Å²) in [6, 6.07) is 11.3. The van der Waals surface area contributed by atoms with Gasteiger partial charge in [-0.05, 0) is 37.1 Å². The Bertz CT molecular complexity index is 1240. The SMILES string of the molecule is COc1ccc(NC(=O)CN2C(=O)N(CCC(=O)NCc3ccccc3OC)C(=O)C3CCCCC32)cc1Cl.